The summed E-state index contributed by atoms with van der Waals surface area (Å²) < 4.78 is 119. The molecule has 342 valence electrons. The lowest BCUT2D eigenvalue weighted by atomic mass is 10.1. The molecule has 0 saturated heterocycles. The minimum absolute atomic E-state index is 0.0239. The molecule has 0 spiro atoms. The first kappa shape index (κ1) is 50.7. The molecule has 0 aromatic heterocycles. The molecular formula is C34H35N9O16S5. The Bertz CT molecular complexity index is 2940. The van der Waals surface area contributed by atoms with E-state index in [-0.39, 0.29) is 58.0 Å². The molecule has 0 radical (unpaired) electrons. The molecule has 30 heteroatoms. The van der Waals surface area contributed by atoms with Crippen LogP contribution in [0.4, 0.5) is 45.5 Å². The number of hydrogen-bond donors (Lipinski definition) is 6. The minimum Gasteiger partial charge on any atom is -0.478 e. The number of rotatable bonds is 21. The van der Waals surface area contributed by atoms with Gasteiger partial charge in [-0.2, -0.15) is 32.2 Å². The lowest BCUT2D eigenvalue weighted by Gasteiger charge is -2.14. The Hall–Kier alpha value is -5.98. The zero-order valence-corrected chi connectivity index (χ0v) is 36.8. The van der Waals surface area contributed by atoms with Crippen molar-refractivity contribution in [2.24, 2.45) is 30.7 Å². The van der Waals surface area contributed by atoms with Crippen molar-refractivity contribution < 1.29 is 71.2 Å². The SMILES string of the molecule is CN(CCO)CCS(=O)(=O)c1ccc(N=Nc2c(N)c(N=Nc3ccc(S(=O)(=O)CCOS(=O)(=O)O)cc3)c(N)c(N=Nc3ccc(SC#COOS(=O)(=O)O)cc3)c2C(=O)O)cc1. The highest BCUT2D eigenvalue weighted by Gasteiger charge is 2.27. The molecule has 0 saturated carbocycles. The van der Waals surface area contributed by atoms with Crippen LogP contribution in [0.2, 0.25) is 0 Å². The van der Waals surface area contributed by atoms with Gasteiger partial charge in [0.05, 0.1) is 62.9 Å². The predicted molar refractivity (Wildman–Crippen MR) is 228 cm³/mol. The summed E-state index contributed by atoms with van der Waals surface area (Å²) in [6, 6.07) is 15.7. The molecule has 0 atom stereocenters. The average Bonchev–Trinajstić information content (AvgIpc) is 3.21. The maximum atomic E-state index is 12.9. The summed E-state index contributed by atoms with van der Waals surface area (Å²) in [7, 11) is -15.9. The minimum atomic E-state index is -4.88. The van der Waals surface area contributed by atoms with Crippen LogP contribution in [0.1, 0.15) is 10.4 Å². The van der Waals surface area contributed by atoms with Crippen molar-refractivity contribution in [3.05, 3.63) is 78.4 Å². The van der Waals surface area contributed by atoms with Crippen LogP contribution in [0.25, 0.3) is 0 Å². The van der Waals surface area contributed by atoms with Gasteiger partial charge >= 0.3 is 26.8 Å². The van der Waals surface area contributed by atoms with Crippen molar-refractivity contribution in [2.75, 3.05) is 56.3 Å². The normalized spacial score (nSPS) is 12.6. The molecule has 4 aromatic rings. The highest BCUT2D eigenvalue weighted by Crippen LogP contribution is 2.49. The van der Waals surface area contributed by atoms with E-state index in [4.69, 9.17) is 25.7 Å². The van der Waals surface area contributed by atoms with E-state index in [0.717, 1.165) is 23.9 Å². The van der Waals surface area contributed by atoms with Gasteiger partial charge in [-0.1, -0.05) is 0 Å². The van der Waals surface area contributed by atoms with Gasteiger partial charge in [-0.15, -0.1) is 15.3 Å². The second kappa shape index (κ2) is 22.1. The molecule has 0 amide bonds. The second-order valence-corrected chi connectivity index (χ2v) is 19.6. The van der Waals surface area contributed by atoms with E-state index in [1.165, 1.54) is 60.7 Å². The van der Waals surface area contributed by atoms with E-state index in [0.29, 0.717) is 4.90 Å². The summed E-state index contributed by atoms with van der Waals surface area (Å²) in [5, 5.41) is 46.2. The number of aliphatic hydroxyl groups is 1. The van der Waals surface area contributed by atoms with Crippen molar-refractivity contribution in [3.8, 4) is 11.4 Å². The molecule has 4 rings (SSSR count). The second-order valence-electron chi connectivity index (χ2n) is 12.4. The van der Waals surface area contributed by atoms with Crippen LogP contribution in [0.5, 0.6) is 0 Å². The number of azo groups is 3. The molecule has 0 fully saturated rings. The van der Waals surface area contributed by atoms with Crippen LogP contribution in [0, 0.1) is 11.4 Å². The summed E-state index contributed by atoms with van der Waals surface area (Å²) in [5.74, 6) is -2.68. The first-order valence-corrected chi connectivity index (χ1v) is 24.2. The van der Waals surface area contributed by atoms with Gasteiger partial charge in [0, 0.05) is 23.2 Å². The number of carbonyl (C=O) groups is 1. The Balaban J connectivity index is 1.73. The smallest absolute Gasteiger partial charge is 0.433 e. The topological polar surface area (TPSA) is 392 Å². The van der Waals surface area contributed by atoms with E-state index in [2.05, 4.69) is 49.3 Å². The fraction of sp³-hybridized carbons (Fsp3) is 0.206. The zero-order chi connectivity index (χ0) is 47.3. The highest BCUT2D eigenvalue weighted by atomic mass is 32.3. The molecular weight excluding hydrogens is 951 g/mol. The Morgan fingerprint density at radius 1 is 0.672 bits per heavy atom. The van der Waals surface area contributed by atoms with Gasteiger partial charge in [-0.05, 0) is 95.9 Å². The summed E-state index contributed by atoms with van der Waals surface area (Å²) in [6.07, 6.45) is 1.88. The van der Waals surface area contributed by atoms with E-state index < -0.39 is 87.1 Å². The van der Waals surface area contributed by atoms with E-state index >= 15 is 0 Å². The number of nitrogens with zero attached hydrogens (tertiary/aromatic N) is 7. The molecule has 4 aromatic carbocycles. The Kier molecular flexibility index (Phi) is 17.5. The van der Waals surface area contributed by atoms with Gasteiger partial charge in [-0.25, -0.2) is 25.8 Å². The zero-order valence-electron chi connectivity index (χ0n) is 32.7. The number of benzene rings is 4. The maximum absolute atomic E-state index is 12.9. The van der Waals surface area contributed by atoms with Crippen LogP contribution in [0.15, 0.2) is 118 Å². The van der Waals surface area contributed by atoms with Crippen LogP contribution < -0.4 is 11.5 Å². The largest absolute Gasteiger partial charge is 0.478 e. The Morgan fingerprint density at radius 2 is 1.12 bits per heavy atom. The number of likely N-dealkylation sites (N-methyl/N-ethyl adjacent to an activating group) is 1. The molecule has 0 aliphatic heterocycles. The Labute approximate surface area is 369 Å². The lowest BCUT2D eigenvalue weighted by Crippen LogP contribution is -2.28. The molecule has 0 aliphatic rings. The first-order chi connectivity index (χ1) is 30.0. The number of aliphatic hydroxyl groups excluding tert-OH is 1. The summed E-state index contributed by atoms with van der Waals surface area (Å²) in [4.78, 5) is 18.7. The fourth-order valence-electron chi connectivity index (χ4n) is 4.81. The third-order valence-corrected chi connectivity index (χ3v) is 12.7. The van der Waals surface area contributed by atoms with Gasteiger partial charge in [-0.3, -0.25) is 14.0 Å². The average molecular weight is 986 g/mol. The van der Waals surface area contributed by atoms with E-state index in [1.807, 2.05) is 6.11 Å². The van der Waals surface area contributed by atoms with Gasteiger partial charge < -0.3 is 26.6 Å². The molecule has 0 heterocycles. The van der Waals surface area contributed by atoms with Crippen molar-refractivity contribution >= 4 is 104 Å². The number of aromatic carboxylic acids is 1. The van der Waals surface area contributed by atoms with Gasteiger partial charge in [0.15, 0.2) is 25.8 Å². The van der Waals surface area contributed by atoms with Crippen LogP contribution >= 0.6 is 11.8 Å². The van der Waals surface area contributed by atoms with Crippen molar-refractivity contribution in [3.63, 3.8) is 0 Å². The number of carboxylic acids is 1. The van der Waals surface area contributed by atoms with E-state index in [9.17, 15) is 43.6 Å². The standard InChI is InChI=1S/C34H35N9O16S5/c1-43(14-16-44)15-20-61(47,48)26-10-4-23(5-11-26)38-41-32-28(34(45)46)31(40-37-22-2-8-25(9-3-22)60-19-17-57-59-64(54,55)56)29(35)33(30(32)36)42-39-24-6-12-27(13-7-24)62(49,50)21-18-58-63(51,52)53/h2-13,44H,14-16,18,20-21,35-36H2,1H3,(H,45,46)(H,51,52,53)(H,54,55,56). The van der Waals surface area contributed by atoms with Crippen LogP contribution in [0.3, 0.4) is 0 Å². The fourth-order valence-corrected chi connectivity index (χ4v) is 8.23. The monoisotopic (exact) mass is 985 g/mol. The molecule has 25 nitrogen and oxygen atoms in total. The van der Waals surface area contributed by atoms with Gasteiger partial charge in [0.25, 0.3) is 0 Å². The third-order valence-electron chi connectivity index (χ3n) is 7.91. The van der Waals surface area contributed by atoms with Crippen molar-refractivity contribution in [1.82, 2.24) is 4.90 Å². The molecule has 0 unspecified atom stereocenters. The highest BCUT2D eigenvalue weighted by molar-refractivity contribution is 8.04. The van der Waals surface area contributed by atoms with Crippen molar-refractivity contribution in [2.45, 2.75) is 14.7 Å². The number of sulfone groups is 2. The maximum Gasteiger partial charge on any atom is 0.433 e. The number of nitrogen functional groups attached to an aromatic ring is 2. The number of thioether (sulfide) groups is 1. The summed E-state index contributed by atoms with van der Waals surface area (Å²) in [6.45, 7) is -0.580. The summed E-state index contributed by atoms with van der Waals surface area (Å²) in [5.41, 5.74) is 10.0. The van der Waals surface area contributed by atoms with Crippen LogP contribution in [-0.4, -0.2) is 109 Å². The lowest BCUT2D eigenvalue weighted by molar-refractivity contribution is -0.135. The van der Waals surface area contributed by atoms with Gasteiger partial charge in [0.2, 0.25) is 0 Å². The van der Waals surface area contributed by atoms with E-state index in [1.54, 1.807) is 11.9 Å². The Morgan fingerprint density at radius 3 is 1.56 bits per heavy atom. The third kappa shape index (κ3) is 15.4. The molecule has 0 aliphatic carbocycles. The predicted octanol–water partition coefficient (Wildman–Crippen LogP) is 4.85. The number of nitrogens with two attached hydrogens (primary N) is 2. The molecule has 64 heavy (non-hydrogen) atoms. The van der Waals surface area contributed by atoms with Crippen molar-refractivity contribution in [1.29, 1.82) is 0 Å². The van der Waals surface area contributed by atoms with Gasteiger partial charge in [0.1, 0.15) is 22.6 Å². The quantitative estimate of drug-likeness (QED) is 0.0124. The molecule has 8 N–H and O–H groups in total. The first-order valence-electron chi connectivity index (χ1n) is 17.4. The number of carboxylic acid groups (broad SMARTS) is 1. The summed E-state index contributed by atoms with van der Waals surface area (Å²) >= 11 is 0.853. The molecule has 0 bridgehead atoms. The number of hydrogen-bond acceptors (Lipinski definition) is 23. The number of anilines is 2. The van der Waals surface area contributed by atoms with Crippen LogP contribution in [-0.2, 0) is 53.9 Å².